The maximum Gasteiger partial charge on any atom is 0.252 e. The molecule has 27 heavy (non-hydrogen) atoms. The number of nitrogens with one attached hydrogen (secondary N) is 1. The minimum Gasteiger partial charge on any atom is -0.215 e. The molecule has 1 N–H and O–H groups in total. The molecule has 148 valence electrons. The first-order valence-electron chi connectivity index (χ1n) is 8.95. The van der Waals surface area contributed by atoms with E-state index in [1.807, 2.05) is 6.07 Å². The van der Waals surface area contributed by atoms with Gasteiger partial charge in [0.2, 0.25) is 10.0 Å². The Labute approximate surface area is 165 Å². The van der Waals surface area contributed by atoms with Gasteiger partial charge in [-0.3, -0.25) is 0 Å². The van der Waals surface area contributed by atoms with Crippen molar-refractivity contribution in [3.63, 3.8) is 0 Å². The summed E-state index contributed by atoms with van der Waals surface area (Å²) in [5, 5.41) is 1.75. The Bertz CT molecular complexity index is 926. The zero-order valence-electron chi connectivity index (χ0n) is 15.0. The van der Waals surface area contributed by atoms with Gasteiger partial charge in [-0.2, -0.15) is 4.31 Å². The molecule has 0 saturated carbocycles. The highest BCUT2D eigenvalue weighted by atomic mass is 32.2. The average Bonchev–Trinajstić information content (AvgIpc) is 3.18. The van der Waals surface area contributed by atoms with Gasteiger partial charge in [0.05, 0.1) is 5.75 Å². The van der Waals surface area contributed by atoms with Crippen LogP contribution in [0.3, 0.4) is 0 Å². The van der Waals surface area contributed by atoms with E-state index in [1.54, 1.807) is 46.1 Å². The third-order valence-electron chi connectivity index (χ3n) is 4.63. The SMILES string of the molecule is O=S(=O)(Cc1ccccc1)NCCC1CCCCN1S(=O)(=O)c1cccs1. The second-order valence-corrected chi connectivity index (χ2v) is 11.5. The molecule has 1 fully saturated rings. The van der Waals surface area contributed by atoms with Crippen LogP contribution in [0.4, 0.5) is 0 Å². The molecule has 3 rings (SSSR count). The van der Waals surface area contributed by atoms with Gasteiger partial charge in [0.25, 0.3) is 10.0 Å². The molecular formula is C18H24N2O4S3. The van der Waals surface area contributed by atoms with Crippen molar-refractivity contribution in [2.45, 2.75) is 41.7 Å². The molecule has 1 unspecified atom stereocenters. The quantitative estimate of drug-likeness (QED) is 0.701. The van der Waals surface area contributed by atoms with Crippen LogP contribution in [0.2, 0.25) is 0 Å². The molecule has 6 nitrogen and oxygen atoms in total. The van der Waals surface area contributed by atoms with E-state index < -0.39 is 20.0 Å². The molecule has 2 heterocycles. The fourth-order valence-electron chi connectivity index (χ4n) is 3.33. The number of thiophene rings is 1. The smallest absolute Gasteiger partial charge is 0.215 e. The van der Waals surface area contributed by atoms with Crippen LogP contribution in [-0.2, 0) is 25.8 Å². The van der Waals surface area contributed by atoms with Crippen molar-refractivity contribution in [2.24, 2.45) is 0 Å². The van der Waals surface area contributed by atoms with Crippen LogP contribution in [0, 0.1) is 0 Å². The molecule has 1 aliphatic heterocycles. The summed E-state index contributed by atoms with van der Waals surface area (Å²) in [6, 6.07) is 12.2. The Morgan fingerprint density at radius 1 is 1.04 bits per heavy atom. The number of hydrogen-bond acceptors (Lipinski definition) is 5. The van der Waals surface area contributed by atoms with Gasteiger partial charge >= 0.3 is 0 Å². The van der Waals surface area contributed by atoms with E-state index in [2.05, 4.69) is 4.72 Å². The van der Waals surface area contributed by atoms with Crippen molar-refractivity contribution in [3.8, 4) is 0 Å². The fraction of sp³-hybridized carbons (Fsp3) is 0.444. The van der Waals surface area contributed by atoms with Crippen molar-refractivity contribution in [3.05, 3.63) is 53.4 Å². The molecule has 1 saturated heterocycles. The molecular weight excluding hydrogens is 404 g/mol. The second kappa shape index (κ2) is 8.83. The number of rotatable bonds is 8. The number of hydrogen-bond donors (Lipinski definition) is 1. The molecule has 0 spiro atoms. The third-order valence-corrected chi connectivity index (χ3v) is 9.31. The van der Waals surface area contributed by atoms with Gasteiger partial charge in [0, 0.05) is 19.1 Å². The maximum atomic E-state index is 12.9. The first-order valence-corrected chi connectivity index (χ1v) is 12.9. The summed E-state index contributed by atoms with van der Waals surface area (Å²) >= 11 is 1.21. The van der Waals surface area contributed by atoms with Crippen LogP contribution in [-0.4, -0.2) is 40.3 Å². The fourth-order valence-corrected chi connectivity index (χ4v) is 7.34. The second-order valence-electron chi connectivity index (χ2n) is 6.63. The summed E-state index contributed by atoms with van der Waals surface area (Å²) in [4.78, 5) is 0. The zero-order valence-corrected chi connectivity index (χ0v) is 17.4. The molecule has 1 aliphatic rings. The number of benzene rings is 1. The molecule has 0 radical (unpaired) electrons. The summed E-state index contributed by atoms with van der Waals surface area (Å²) in [7, 11) is -6.96. The van der Waals surface area contributed by atoms with Crippen molar-refractivity contribution in [1.29, 1.82) is 0 Å². The van der Waals surface area contributed by atoms with E-state index >= 15 is 0 Å². The minimum atomic E-state index is -3.51. The summed E-state index contributed by atoms with van der Waals surface area (Å²) in [6.45, 7) is 0.720. The predicted molar refractivity (Wildman–Crippen MR) is 108 cm³/mol. The number of nitrogens with zero attached hydrogens (tertiary/aromatic N) is 1. The first-order chi connectivity index (χ1) is 12.9. The topological polar surface area (TPSA) is 83.6 Å². The van der Waals surface area contributed by atoms with Crippen molar-refractivity contribution in [2.75, 3.05) is 13.1 Å². The molecule has 9 heteroatoms. The van der Waals surface area contributed by atoms with Gasteiger partial charge in [-0.1, -0.05) is 42.8 Å². The maximum absolute atomic E-state index is 12.9. The van der Waals surface area contributed by atoms with Gasteiger partial charge in [0.15, 0.2) is 0 Å². The molecule has 2 aromatic rings. The van der Waals surface area contributed by atoms with Crippen molar-refractivity contribution < 1.29 is 16.8 Å². The highest BCUT2D eigenvalue weighted by molar-refractivity contribution is 7.91. The zero-order chi connectivity index (χ0) is 19.3. The summed E-state index contributed by atoms with van der Waals surface area (Å²) in [6.07, 6.45) is 3.02. The van der Waals surface area contributed by atoms with E-state index in [4.69, 9.17) is 0 Å². The number of piperidine rings is 1. The van der Waals surface area contributed by atoms with E-state index in [9.17, 15) is 16.8 Å². The third kappa shape index (κ3) is 5.39. The van der Waals surface area contributed by atoms with Gasteiger partial charge in [-0.05, 0) is 36.3 Å². The molecule has 1 atom stereocenters. The van der Waals surface area contributed by atoms with Crippen LogP contribution < -0.4 is 4.72 Å². The van der Waals surface area contributed by atoms with Crippen LogP contribution >= 0.6 is 11.3 Å². The molecule has 0 aliphatic carbocycles. The molecule has 1 aromatic heterocycles. The molecule has 0 amide bonds. The summed E-state index contributed by atoms with van der Waals surface area (Å²) in [5.74, 6) is -0.0737. The highest BCUT2D eigenvalue weighted by Gasteiger charge is 2.33. The van der Waals surface area contributed by atoms with Crippen molar-refractivity contribution >= 4 is 31.4 Å². The minimum absolute atomic E-state index is 0.0737. The van der Waals surface area contributed by atoms with Crippen LogP contribution in [0.25, 0.3) is 0 Å². The van der Waals surface area contributed by atoms with Crippen LogP contribution in [0.15, 0.2) is 52.1 Å². The lowest BCUT2D eigenvalue weighted by atomic mass is 10.0. The van der Waals surface area contributed by atoms with Gasteiger partial charge in [0.1, 0.15) is 4.21 Å². The normalized spacial score (nSPS) is 19.2. The average molecular weight is 429 g/mol. The summed E-state index contributed by atoms with van der Waals surface area (Å²) in [5.41, 5.74) is 0.726. The largest absolute Gasteiger partial charge is 0.252 e. The Balaban J connectivity index is 1.60. The lowest BCUT2D eigenvalue weighted by molar-refractivity contribution is 0.242. The van der Waals surface area contributed by atoms with E-state index in [0.29, 0.717) is 17.2 Å². The first kappa shape index (κ1) is 20.5. The highest BCUT2D eigenvalue weighted by Crippen LogP contribution is 2.29. The van der Waals surface area contributed by atoms with E-state index in [-0.39, 0.29) is 18.3 Å². The lowest BCUT2D eigenvalue weighted by Crippen LogP contribution is -2.45. The summed E-state index contributed by atoms with van der Waals surface area (Å²) < 4.78 is 54.8. The van der Waals surface area contributed by atoms with Crippen LogP contribution in [0.1, 0.15) is 31.2 Å². The van der Waals surface area contributed by atoms with Gasteiger partial charge in [-0.25, -0.2) is 21.6 Å². The standard InChI is InChI=1S/C18H24N2O4S3/c21-26(22,15-16-7-2-1-3-8-16)19-12-11-17-9-4-5-13-20(17)27(23,24)18-10-6-14-25-18/h1-3,6-8,10,14,17,19H,4-5,9,11-13,15H2. The number of sulfonamides is 2. The van der Waals surface area contributed by atoms with Gasteiger partial charge in [-0.15, -0.1) is 11.3 Å². The van der Waals surface area contributed by atoms with Crippen molar-refractivity contribution in [1.82, 2.24) is 9.03 Å². The monoisotopic (exact) mass is 428 g/mol. The van der Waals surface area contributed by atoms with Gasteiger partial charge < -0.3 is 0 Å². The lowest BCUT2D eigenvalue weighted by Gasteiger charge is -2.34. The van der Waals surface area contributed by atoms with E-state index in [1.165, 1.54) is 11.3 Å². The predicted octanol–water partition coefficient (Wildman–Crippen LogP) is 2.80. The molecule has 0 bridgehead atoms. The molecule has 1 aromatic carbocycles. The van der Waals surface area contributed by atoms with E-state index in [0.717, 1.165) is 24.8 Å². The Hall–Kier alpha value is -1.26. The van der Waals surface area contributed by atoms with Crippen LogP contribution in [0.5, 0.6) is 0 Å². The Morgan fingerprint density at radius 3 is 2.52 bits per heavy atom. The Kier molecular flexibility index (Phi) is 6.69. The Morgan fingerprint density at radius 2 is 1.81 bits per heavy atom.